The van der Waals surface area contributed by atoms with Gasteiger partial charge in [0, 0.05) is 17.6 Å². The predicted octanol–water partition coefficient (Wildman–Crippen LogP) is 1.96. The minimum Gasteiger partial charge on any atom is -0.324 e. The second kappa shape index (κ2) is 6.03. The van der Waals surface area contributed by atoms with Crippen molar-refractivity contribution >= 4 is 24.8 Å². The molecule has 0 saturated carbocycles. The Morgan fingerprint density at radius 2 is 1.33 bits per heavy atom. The van der Waals surface area contributed by atoms with Crippen molar-refractivity contribution in [3.8, 4) is 0 Å². The lowest BCUT2D eigenvalue weighted by molar-refractivity contribution is 0.364. The van der Waals surface area contributed by atoms with Gasteiger partial charge >= 0.3 is 0 Å². The molecule has 0 bridgehead atoms. The minimum absolute atomic E-state index is 0. The summed E-state index contributed by atoms with van der Waals surface area (Å²) < 4.78 is 0. The van der Waals surface area contributed by atoms with Crippen LogP contribution in [0, 0.1) is 0 Å². The van der Waals surface area contributed by atoms with Gasteiger partial charge in [0.25, 0.3) is 0 Å². The standard InChI is InChI=1S/C8H20N2.2ClH/c1-7(2,3)10-6-8(4,5)9;;/h10H,6,9H2,1-5H3;2*1H. The first-order chi connectivity index (χ1) is 4.21. The summed E-state index contributed by atoms with van der Waals surface area (Å²) in [7, 11) is 0. The van der Waals surface area contributed by atoms with E-state index in [1.807, 2.05) is 13.8 Å². The third-order valence-electron chi connectivity index (χ3n) is 1.07. The van der Waals surface area contributed by atoms with Crippen LogP contribution in [-0.4, -0.2) is 17.6 Å². The molecule has 4 heteroatoms. The fraction of sp³-hybridized carbons (Fsp3) is 1.00. The quantitative estimate of drug-likeness (QED) is 0.742. The molecule has 0 aliphatic rings. The van der Waals surface area contributed by atoms with Crippen LogP contribution in [0.3, 0.4) is 0 Å². The molecule has 0 heterocycles. The lowest BCUT2D eigenvalue weighted by Gasteiger charge is -2.27. The first-order valence-corrected chi connectivity index (χ1v) is 3.75. The summed E-state index contributed by atoms with van der Waals surface area (Å²) >= 11 is 0. The van der Waals surface area contributed by atoms with Crippen molar-refractivity contribution in [2.75, 3.05) is 6.54 Å². The van der Waals surface area contributed by atoms with Crippen LogP contribution >= 0.6 is 24.8 Å². The van der Waals surface area contributed by atoms with Gasteiger partial charge in [-0.1, -0.05) is 0 Å². The van der Waals surface area contributed by atoms with Crippen molar-refractivity contribution < 1.29 is 0 Å². The Morgan fingerprint density at radius 1 is 1.00 bits per heavy atom. The average Bonchev–Trinajstić information content (AvgIpc) is 1.57. The number of hydrogen-bond acceptors (Lipinski definition) is 2. The summed E-state index contributed by atoms with van der Waals surface area (Å²) in [6.45, 7) is 11.3. The van der Waals surface area contributed by atoms with Gasteiger partial charge in [0.1, 0.15) is 0 Å². The topological polar surface area (TPSA) is 38.0 Å². The van der Waals surface area contributed by atoms with E-state index in [2.05, 4.69) is 26.1 Å². The highest BCUT2D eigenvalue weighted by Gasteiger charge is 2.15. The van der Waals surface area contributed by atoms with Gasteiger partial charge in [0.2, 0.25) is 0 Å². The zero-order valence-corrected chi connectivity index (χ0v) is 10.2. The summed E-state index contributed by atoms with van der Waals surface area (Å²) in [5.74, 6) is 0. The molecule has 0 aromatic carbocycles. The molecule has 3 N–H and O–H groups in total. The lowest BCUT2D eigenvalue weighted by atomic mass is 10.0. The number of halogens is 2. The summed E-state index contributed by atoms with van der Waals surface area (Å²) in [4.78, 5) is 0. The molecule has 2 nitrogen and oxygen atoms in total. The Balaban J connectivity index is -0.000000405. The van der Waals surface area contributed by atoms with Gasteiger partial charge in [0.05, 0.1) is 0 Å². The van der Waals surface area contributed by atoms with Crippen molar-refractivity contribution in [2.45, 2.75) is 45.7 Å². The van der Waals surface area contributed by atoms with Crippen LogP contribution < -0.4 is 11.1 Å². The van der Waals surface area contributed by atoms with E-state index in [9.17, 15) is 0 Å². The number of hydrogen-bond donors (Lipinski definition) is 2. The third-order valence-corrected chi connectivity index (χ3v) is 1.07. The molecule has 0 aliphatic carbocycles. The van der Waals surface area contributed by atoms with Crippen molar-refractivity contribution in [1.29, 1.82) is 0 Å². The highest BCUT2D eigenvalue weighted by molar-refractivity contribution is 5.85. The lowest BCUT2D eigenvalue weighted by Crippen LogP contribution is -2.49. The number of rotatable bonds is 2. The monoisotopic (exact) mass is 216 g/mol. The van der Waals surface area contributed by atoms with E-state index < -0.39 is 0 Å². The summed E-state index contributed by atoms with van der Waals surface area (Å²) in [5, 5.41) is 3.34. The highest BCUT2D eigenvalue weighted by atomic mass is 35.5. The SMILES string of the molecule is CC(C)(N)CNC(C)(C)C.Cl.Cl. The minimum atomic E-state index is -0.104. The first kappa shape index (κ1) is 18.3. The Kier molecular flexibility index (Phi) is 9.20. The normalized spacial score (nSPS) is 11.5. The molecule has 0 aromatic heterocycles. The van der Waals surface area contributed by atoms with Crippen LogP contribution in [0.2, 0.25) is 0 Å². The summed E-state index contributed by atoms with van der Waals surface area (Å²) in [5.41, 5.74) is 5.85. The van der Waals surface area contributed by atoms with Gasteiger partial charge in [-0.25, -0.2) is 0 Å². The highest BCUT2D eigenvalue weighted by Crippen LogP contribution is 2.01. The van der Waals surface area contributed by atoms with Crippen LogP contribution in [-0.2, 0) is 0 Å². The second-order valence-electron chi connectivity index (χ2n) is 4.59. The van der Waals surface area contributed by atoms with E-state index in [0.29, 0.717) is 0 Å². The molecule has 0 rings (SSSR count). The second-order valence-corrected chi connectivity index (χ2v) is 4.59. The molecule has 0 spiro atoms. The van der Waals surface area contributed by atoms with E-state index >= 15 is 0 Å². The Morgan fingerprint density at radius 3 is 1.42 bits per heavy atom. The zero-order valence-electron chi connectivity index (χ0n) is 8.60. The summed E-state index contributed by atoms with van der Waals surface area (Å²) in [6, 6.07) is 0. The van der Waals surface area contributed by atoms with Crippen LogP contribution in [0.5, 0.6) is 0 Å². The molecule has 0 aromatic rings. The van der Waals surface area contributed by atoms with E-state index in [1.165, 1.54) is 0 Å². The van der Waals surface area contributed by atoms with Gasteiger partial charge in [-0.15, -0.1) is 24.8 Å². The fourth-order valence-electron chi connectivity index (χ4n) is 0.493. The maximum atomic E-state index is 5.78. The van der Waals surface area contributed by atoms with Crippen molar-refractivity contribution in [1.82, 2.24) is 5.32 Å². The van der Waals surface area contributed by atoms with Gasteiger partial charge < -0.3 is 11.1 Å². The Labute approximate surface area is 88.5 Å². The Bertz CT molecular complexity index is 88.6. The largest absolute Gasteiger partial charge is 0.324 e. The molecule has 0 atom stereocenters. The van der Waals surface area contributed by atoms with E-state index in [-0.39, 0.29) is 35.9 Å². The van der Waals surface area contributed by atoms with Gasteiger partial charge in [-0.2, -0.15) is 0 Å². The predicted molar refractivity (Wildman–Crippen MR) is 60.5 cm³/mol. The molecular formula is C8H22Cl2N2. The van der Waals surface area contributed by atoms with Crippen molar-refractivity contribution in [3.05, 3.63) is 0 Å². The first-order valence-electron chi connectivity index (χ1n) is 3.75. The smallest absolute Gasteiger partial charge is 0.0223 e. The maximum Gasteiger partial charge on any atom is 0.0223 e. The van der Waals surface area contributed by atoms with Gasteiger partial charge in [-0.3, -0.25) is 0 Å². The van der Waals surface area contributed by atoms with E-state index in [1.54, 1.807) is 0 Å². The van der Waals surface area contributed by atoms with Crippen LogP contribution in [0.25, 0.3) is 0 Å². The van der Waals surface area contributed by atoms with Crippen molar-refractivity contribution in [3.63, 3.8) is 0 Å². The summed E-state index contributed by atoms with van der Waals surface area (Å²) in [6.07, 6.45) is 0. The molecule has 0 fully saturated rings. The Hall–Kier alpha value is 0.500. The fourth-order valence-corrected chi connectivity index (χ4v) is 0.493. The van der Waals surface area contributed by atoms with Gasteiger partial charge in [-0.05, 0) is 34.6 Å². The molecule has 0 amide bonds. The number of nitrogens with one attached hydrogen (secondary N) is 1. The van der Waals surface area contributed by atoms with Gasteiger partial charge in [0.15, 0.2) is 0 Å². The average molecular weight is 217 g/mol. The maximum absolute atomic E-state index is 5.78. The van der Waals surface area contributed by atoms with Crippen LogP contribution in [0.1, 0.15) is 34.6 Å². The molecule has 0 radical (unpaired) electrons. The van der Waals surface area contributed by atoms with E-state index in [4.69, 9.17) is 5.73 Å². The van der Waals surface area contributed by atoms with Crippen molar-refractivity contribution in [2.24, 2.45) is 5.73 Å². The van der Waals surface area contributed by atoms with Crippen LogP contribution in [0.15, 0.2) is 0 Å². The van der Waals surface area contributed by atoms with Crippen LogP contribution in [0.4, 0.5) is 0 Å². The van der Waals surface area contributed by atoms with E-state index in [0.717, 1.165) is 6.54 Å². The molecule has 0 saturated heterocycles. The third kappa shape index (κ3) is 16.8. The molecule has 0 unspecified atom stereocenters. The number of nitrogens with two attached hydrogens (primary N) is 1. The molecule has 78 valence electrons. The molecular weight excluding hydrogens is 195 g/mol. The zero-order chi connectivity index (χ0) is 8.41. The molecule has 0 aliphatic heterocycles. The molecule has 12 heavy (non-hydrogen) atoms.